The van der Waals surface area contributed by atoms with E-state index in [1.54, 1.807) is 11.3 Å². The van der Waals surface area contributed by atoms with Crippen LogP contribution in [0, 0.1) is 0 Å². The molecule has 0 aliphatic carbocycles. The lowest BCUT2D eigenvalue weighted by atomic mass is 10.1. The van der Waals surface area contributed by atoms with Gasteiger partial charge in [0.25, 0.3) is 0 Å². The van der Waals surface area contributed by atoms with Gasteiger partial charge in [0, 0.05) is 24.2 Å². The Bertz CT molecular complexity index is 284. The second-order valence-corrected chi connectivity index (χ2v) is 4.28. The van der Waals surface area contributed by atoms with Gasteiger partial charge in [-0.05, 0) is 18.9 Å². The van der Waals surface area contributed by atoms with Crippen LogP contribution in [0.15, 0.2) is 24.0 Å². The van der Waals surface area contributed by atoms with Gasteiger partial charge >= 0.3 is 0 Å². The van der Waals surface area contributed by atoms with Crippen LogP contribution in [0.3, 0.4) is 0 Å². The van der Waals surface area contributed by atoms with Gasteiger partial charge in [-0.25, -0.2) is 0 Å². The summed E-state index contributed by atoms with van der Waals surface area (Å²) in [5.41, 5.74) is 1.86. The van der Waals surface area contributed by atoms with E-state index in [9.17, 15) is 0 Å². The molecule has 3 nitrogen and oxygen atoms in total. The van der Waals surface area contributed by atoms with Crippen molar-refractivity contribution in [2.45, 2.75) is 25.5 Å². The summed E-state index contributed by atoms with van der Waals surface area (Å²) in [4.78, 5) is 5.30. The summed E-state index contributed by atoms with van der Waals surface area (Å²) < 4.78 is 5.44. The van der Waals surface area contributed by atoms with E-state index in [-0.39, 0.29) is 0 Å². The number of hydrogen-bond acceptors (Lipinski definition) is 4. The smallest absolute Gasteiger partial charge is 0.110 e. The average molecular weight is 210 g/mol. The van der Waals surface area contributed by atoms with E-state index in [4.69, 9.17) is 4.74 Å². The highest BCUT2D eigenvalue weighted by atomic mass is 32.1. The molecule has 76 valence electrons. The Labute approximate surface area is 87.8 Å². The lowest BCUT2D eigenvalue weighted by Gasteiger charge is -2.19. The van der Waals surface area contributed by atoms with Crippen molar-refractivity contribution in [3.63, 3.8) is 0 Å². The minimum Gasteiger partial charge on any atom is -0.497 e. The maximum Gasteiger partial charge on any atom is 0.110 e. The molecule has 2 rings (SSSR count). The summed E-state index contributed by atoms with van der Waals surface area (Å²) in [6.45, 7) is 1.82. The molecule has 1 aromatic heterocycles. The summed E-state index contributed by atoms with van der Waals surface area (Å²) in [6, 6.07) is 0. The minimum absolute atomic E-state index is 0.341. The zero-order valence-electron chi connectivity index (χ0n) is 7.98. The lowest BCUT2D eigenvalue weighted by Crippen LogP contribution is -2.28. The molecule has 1 N–H and O–H groups in total. The van der Waals surface area contributed by atoms with Crippen LogP contribution in [0.1, 0.15) is 17.7 Å². The molecule has 0 aromatic carbocycles. The zero-order valence-corrected chi connectivity index (χ0v) is 8.80. The SMILES string of the molecule is C1=COC(CNCc2cncs2)CC1. The number of ether oxygens (including phenoxy) is 1. The van der Waals surface area contributed by atoms with Crippen molar-refractivity contribution < 1.29 is 4.74 Å². The Hall–Kier alpha value is -0.870. The fourth-order valence-corrected chi connectivity index (χ4v) is 1.99. The molecule has 1 aliphatic rings. The fourth-order valence-electron chi connectivity index (χ4n) is 1.42. The molecular formula is C10H14N2OS. The van der Waals surface area contributed by atoms with E-state index in [2.05, 4.69) is 16.4 Å². The first-order valence-electron chi connectivity index (χ1n) is 4.84. The second-order valence-electron chi connectivity index (χ2n) is 3.31. The third-order valence-corrected chi connectivity index (χ3v) is 2.96. The largest absolute Gasteiger partial charge is 0.497 e. The molecule has 2 heterocycles. The Balaban J connectivity index is 1.65. The van der Waals surface area contributed by atoms with Gasteiger partial charge in [0.1, 0.15) is 6.10 Å². The van der Waals surface area contributed by atoms with Crippen LogP contribution < -0.4 is 5.32 Å². The molecule has 1 aliphatic heterocycles. The number of nitrogens with one attached hydrogen (secondary N) is 1. The monoisotopic (exact) mass is 210 g/mol. The first-order valence-corrected chi connectivity index (χ1v) is 5.71. The van der Waals surface area contributed by atoms with E-state index in [1.165, 1.54) is 4.88 Å². The van der Waals surface area contributed by atoms with Gasteiger partial charge in [0.15, 0.2) is 0 Å². The van der Waals surface area contributed by atoms with E-state index >= 15 is 0 Å². The summed E-state index contributed by atoms with van der Waals surface area (Å²) in [5.74, 6) is 0. The van der Waals surface area contributed by atoms with Crippen molar-refractivity contribution in [3.8, 4) is 0 Å². The first kappa shape index (κ1) is 9.68. The quantitative estimate of drug-likeness (QED) is 0.824. The van der Waals surface area contributed by atoms with E-state index < -0.39 is 0 Å². The number of allylic oxidation sites excluding steroid dienone is 1. The van der Waals surface area contributed by atoms with Gasteiger partial charge in [0.05, 0.1) is 11.8 Å². The van der Waals surface area contributed by atoms with Crippen LogP contribution in [-0.4, -0.2) is 17.6 Å². The molecule has 0 saturated heterocycles. The molecule has 0 saturated carbocycles. The molecule has 1 aromatic rings. The predicted octanol–water partition coefficient (Wildman–Crippen LogP) is 1.93. The Morgan fingerprint density at radius 1 is 1.64 bits per heavy atom. The van der Waals surface area contributed by atoms with Crippen molar-refractivity contribution in [1.29, 1.82) is 0 Å². The number of thiazole rings is 1. The predicted molar refractivity (Wildman–Crippen MR) is 57.1 cm³/mol. The third-order valence-electron chi connectivity index (χ3n) is 2.18. The highest BCUT2D eigenvalue weighted by molar-refractivity contribution is 7.09. The number of hydrogen-bond donors (Lipinski definition) is 1. The van der Waals surface area contributed by atoms with Gasteiger partial charge < -0.3 is 10.1 Å². The molecule has 4 heteroatoms. The lowest BCUT2D eigenvalue weighted by molar-refractivity contribution is 0.122. The Kier molecular flexibility index (Phi) is 3.54. The van der Waals surface area contributed by atoms with Crippen LogP contribution in [0.2, 0.25) is 0 Å². The third kappa shape index (κ3) is 2.82. The van der Waals surface area contributed by atoms with Gasteiger partial charge in [-0.2, -0.15) is 0 Å². The molecule has 1 unspecified atom stereocenters. The summed E-state index contributed by atoms with van der Waals surface area (Å²) in [5, 5.41) is 3.37. The van der Waals surface area contributed by atoms with Crippen LogP contribution in [0.4, 0.5) is 0 Å². The normalized spacial score (nSPS) is 20.7. The molecule has 14 heavy (non-hydrogen) atoms. The molecule has 0 amide bonds. The highest BCUT2D eigenvalue weighted by Crippen LogP contribution is 2.10. The Morgan fingerprint density at radius 2 is 2.64 bits per heavy atom. The van der Waals surface area contributed by atoms with Crippen molar-refractivity contribution in [3.05, 3.63) is 28.9 Å². The van der Waals surface area contributed by atoms with Crippen LogP contribution in [0.5, 0.6) is 0 Å². The number of rotatable bonds is 4. The standard InChI is InChI=1S/C10H14N2OS/c1-2-4-13-9(3-1)5-11-6-10-7-12-8-14-10/h2,4,7-9,11H,1,3,5-6H2. The molecule has 0 spiro atoms. The van der Waals surface area contributed by atoms with Crippen LogP contribution in [-0.2, 0) is 11.3 Å². The molecule has 1 atom stereocenters. The summed E-state index contributed by atoms with van der Waals surface area (Å²) >= 11 is 1.68. The van der Waals surface area contributed by atoms with Crippen LogP contribution >= 0.6 is 11.3 Å². The number of nitrogens with zero attached hydrogens (tertiary/aromatic N) is 1. The van der Waals surface area contributed by atoms with Crippen LogP contribution in [0.25, 0.3) is 0 Å². The molecule has 0 bridgehead atoms. The number of aromatic nitrogens is 1. The van der Waals surface area contributed by atoms with Gasteiger partial charge in [-0.15, -0.1) is 11.3 Å². The summed E-state index contributed by atoms with van der Waals surface area (Å²) in [6.07, 6.45) is 8.37. The molecule has 0 fully saturated rings. The van der Waals surface area contributed by atoms with Gasteiger partial charge in [0.2, 0.25) is 0 Å². The zero-order chi connectivity index (χ0) is 9.64. The average Bonchev–Trinajstić information content (AvgIpc) is 2.72. The fraction of sp³-hybridized carbons (Fsp3) is 0.500. The molecule has 0 radical (unpaired) electrons. The Morgan fingerprint density at radius 3 is 3.36 bits per heavy atom. The topological polar surface area (TPSA) is 34.1 Å². The van der Waals surface area contributed by atoms with E-state index in [0.717, 1.165) is 25.9 Å². The van der Waals surface area contributed by atoms with Gasteiger partial charge in [-0.3, -0.25) is 4.98 Å². The van der Waals surface area contributed by atoms with Crippen molar-refractivity contribution in [2.75, 3.05) is 6.54 Å². The van der Waals surface area contributed by atoms with Gasteiger partial charge in [-0.1, -0.05) is 0 Å². The van der Waals surface area contributed by atoms with Crippen molar-refractivity contribution in [2.24, 2.45) is 0 Å². The molecular weight excluding hydrogens is 196 g/mol. The minimum atomic E-state index is 0.341. The van der Waals surface area contributed by atoms with Crippen molar-refractivity contribution >= 4 is 11.3 Å². The summed E-state index contributed by atoms with van der Waals surface area (Å²) in [7, 11) is 0. The maximum absolute atomic E-state index is 5.44. The second kappa shape index (κ2) is 5.12. The maximum atomic E-state index is 5.44. The van der Waals surface area contributed by atoms with E-state index in [1.807, 2.05) is 18.0 Å². The van der Waals surface area contributed by atoms with E-state index in [0.29, 0.717) is 6.10 Å². The van der Waals surface area contributed by atoms with Crippen molar-refractivity contribution in [1.82, 2.24) is 10.3 Å². The first-order chi connectivity index (χ1) is 6.95. The highest BCUT2D eigenvalue weighted by Gasteiger charge is 2.09.